The summed E-state index contributed by atoms with van der Waals surface area (Å²) in [5.74, 6) is 0.212. The Bertz CT molecular complexity index is 1120. The monoisotopic (exact) mass is 559 g/mol. The van der Waals surface area contributed by atoms with Gasteiger partial charge in [0.15, 0.2) is 0 Å². The Morgan fingerprint density at radius 2 is 1.79 bits per heavy atom. The molecule has 0 spiro atoms. The van der Waals surface area contributed by atoms with Crippen LogP contribution in [-0.2, 0) is 14.3 Å². The molecule has 3 amide bonds. The lowest BCUT2D eigenvalue weighted by molar-refractivity contribution is -0.141. The van der Waals surface area contributed by atoms with Crippen molar-refractivity contribution < 1.29 is 19.1 Å². The van der Waals surface area contributed by atoms with E-state index < -0.39 is 23.8 Å². The SMILES string of the molecule is CSCCC(NC(=O)OC(C)(C)C)C(=O)N(C(C(=O)Nc1c(C)cccc1Cl)c1ccccc1)C1CC1C. The van der Waals surface area contributed by atoms with E-state index in [1.165, 1.54) is 0 Å². The largest absolute Gasteiger partial charge is 0.444 e. The Labute approximate surface area is 235 Å². The molecule has 2 aromatic rings. The molecule has 1 fully saturated rings. The van der Waals surface area contributed by atoms with Crippen molar-refractivity contribution in [3.8, 4) is 0 Å². The first kappa shape index (κ1) is 29.8. The molecule has 0 radical (unpaired) electrons. The Morgan fingerprint density at radius 3 is 2.34 bits per heavy atom. The predicted molar refractivity (Wildman–Crippen MR) is 155 cm³/mol. The van der Waals surface area contributed by atoms with E-state index in [2.05, 4.69) is 17.6 Å². The first-order valence-electron chi connectivity index (χ1n) is 12.8. The third-order valence-electron chi connectivity index (χ3n) is 6.39. The highest BCUT2D eigenvalue weighted by Crippen LogP contribution is 2.41. The third kappa shape index (κ3) is 7.90. The quantitative estimate of drug-likeness (QED) is 0.361. The number of benzene rings is 2. The fourth-order valence-corrected chi connectivity index (χ4v) is 5.09. The molecular formula is C29H38ClN3O4S. The van der Waals surface area contributed by atoms with E-state index in [4.69, 9.17) is 16.3 Å². The summed E-state index contributed by atoms with van der Waals surface area (Å²) < 4.78 is 5.45. The molecule has 206 valence electrons. The number of hydrogen-bond donors (Lipinski definition) is 2. The summed E-state index contributed by atoms with van der Waals surface area (Å²) in [4.78, 5) is 42.5. The summed E-state index contributed by atoms with van der Waals surface area (Å²) in [6, 6.07) is 12.8. The lowest BCUT2D eigenvalue weighted by atomic mass is 10.0. The van der Waals surface area contributed by atoms with Gasteiger partial charge in [0.05, 0.1) is 10.7 Å². The number of hydrogen-bond acceptors (Lipinski definition) is 5. The van der Waals surface area contributed by atoms with Gasteiger partial charge >= 0.3 is 6.09 Å². The van der Waals surface area contributed by atoms with Crippen LogP contribution in [0.4, 0.5) is 10.5 Å². The van der Waals surface area contributed by atoms with Crippen LogP contribution in [-0.4, -0.2) is 52.5 Å². The van der Waals surface area contributed by atoms with E-state index >= 15 is 0 Å². The molecule has 2 N–H and O–H groups in total. The molecule has 0 aromatic heterocycles. The van der Waals surface area contributed by atoms with Crippen LogP contribution >= 0.6 is 23.4 Å². The van der Waals surface area contributed by atoms with Crippen LogP contribution < -0.4 is 10.6 Å². The highest BCUT2D eigenvalue weighted by Gasteiger charge is 2.48. The summed E-state index contributed by atoms with van der Waals surface area (Å²) >= 11 is 8.01. The highest BCUT2D eigenvalue weighted by atomic mass is 35.5. The zero-order valence-corrected chi connectivity index (χ0v) is 24.5. The fourth-order valence-electron chi connectivity index (χ4n) is 4.35. The van der Waals surface area contributed by atoms with Gasteiger partial charge in [-0.05, 0) is 75.7 Å². The molecule has 4 atom stereocenters. The van der Waals surface area contributed by atoms with Crippen LogP contribution in [0, 0.1) is 12.8 Å². The Balaban J connectivity index is 2.00. The van der Waals surface area contributed by atoms with Crippen molar-refractivity contribution in [3.63, 3.8) is 0 Å². The zero-order valence-electron chi connectivity index (χ0n) is 22.9. The Hall–Kier alpha value is -2.71. The first-order chi connectivity index (χ1) is 17.9. The van der Waals surface area contributed by atoms with Crippen LogP contribution in [0.3, 0.4) is 0 Å². The van der Waals surface area contributed by atoms with Crippen molar-refractivity contribution in [2.45, 2.75) is 71.2 Å². The average Bonchev–Trinajstić information content (AvgIpc) is 3.57. The van der Waals surface area contributed by atoms with Crippen LogP contribution in [0.25, 0.3) is 0 Å². The molecule has 0 heterocycles. The molecule has 4 unspecified atom stereocenters. The van der Waals surface area contributed by atoms with Crippen LogP contribution in [0.15, 0.2) is 48.5 Å². The normalized spacial score (nSPS) is 18.2. The number of thioether (sulfide) groups is 1. The minimum absolute atomic E-state index is 0.136. The minimum atomic E-state index is -0.911. The molecule has 38 heavy (non-hydrogen) atoms. The number of ether oxygens (including phenoxy) is 1. The topological polar surface area (TPSA) is 87.7 Å². The van der Waals surface area contributed by atoms with Crippen LogP contribution in [0.2, 0.25) is 5.02 Å². The average molecular weight is 560 g/mol. The van der Waals surface area contributed by atoms with Crippen molar-refractivity contribution in [3.05, 3.63) is 64.7 Å². The van der Waals surface area contributed by atoms with Crippen LogP contribution in [0.1, 0.15) is 57.7 Å². The van der Waals surface area contributed by atoms with Gasteiger partial charge in [-0.15, -0.1) is 0 Å². The number of carbonyl (C=O) groups is 3. The highest BCUT2D eigenvalue weighted by molar-refractivity contribution is 7.98. The van der Waals surface area contributed by atoms with Gasteiger partial charge < -0.3 is 20.3 Å². The van der Waals surface area contributed by atoms with Crippen molar-refractivity contribution >= 4 is 47.0 Å². The third-order valence-corrected chi connectivity index (χ3v) is 7.35. The van der Waals surface area contributed by atoms with E-state index in [1.54, 1.807) is 43.5 Å². The number of para-hydroxylation sites is 1. The molecular weight excluding hydrogens is 522 g/mol. The number of anilines is 1. The Kier molecular flexibility index (Phi) is 10.1. The number of nitrogens with one attached hydrogen (secondary N) is 2. The number of amides is 3. The molecule has 1 aliphatic carbocycles. The fraction of sp³-hybridized carbons (Fsp3) is 0.483. The minimum Gasteiger partial charge on any atom is -0.444 e. The second-order valence-corrected chi connectivity index (χ2v) is 12.1. The Morgan fingerprint density at radius 1 is 1.13 bits per heavy atom. The number of aryl methyl sites for hydroxylation is 1. The summed E-state index contributed by atoms with van der Waals surface area (Å²) in [5.41, 5.74) is 1.31. The van der Waals surface area contributed by atoms with Gasteiger partial charge in [-0.2, -0.15) is 11.8 Å². The first-order valence-corrected chi connectivity index (χ1v) is 14.6. The maximum absolute atomic E-state index is 14.2. The number of rotatable bonds is 10. The molecule has 1 saturated carbocycles. The maximum Gasteiger partial charge on any atom is 0.408 e. The van der Waals surface area contributed by atoms with E-state index in [-0.39, 0.29) is 23.8 Å². The van der Waals surface area contributed by atoms with Gasteiger partial charge in [0, 0.05) is 6.04 Å². The van der Waals surface area contributed by atoms with E-state index in [0.29, 0.717) is 28.4 Å². The molecule has 0 bridgehead atoms. The molecule has 3 rings (SSSR count). The number of halogens is 1. The van der Waals surface area contributed by atoms with Gasteiger partial charge in [0.1, 0.15) is 17.7 Å². The van der Waals surface area contributed by atoms with Gasteiger partial charge in [-0.3, -0.25) is 9.59 Å². The molecule has 0 aliphatic heterocycles. The summed E-state index contributed by atoms with van der Waals surface area (Å²) in [5, 5.41) is 6.19. The van der Waals surface area contributed by atoms with Gasteiger partial charge in [-0.1, -0.05) is 61.0 Å². The predicted octanol–water partition coefficient (Wildman–Crippen LogP) is 6.21. The molecule has 9 heteroatoms. The standard InChI is InChI=1S/C29H38ClN3O4S/c1-18-11-10-14-21(30)24(18)32-26(34)25(20-12-8-7-9-13-20)33(23-17-19(23)2)27(35)22(15-16-38-6)31-28(36)37-29(3,4)5/h7-14,19,22-23,25H,15-17H2,1-6H3,(H,31,36)(H,32,34). The van der Waals surface area contributed by atoms with Crippen molar-refractivity contribution in [1.82, 2.24) is 10.2 Å². The number of alkyl carbamates (subject to hydrolysis) is 1. The summed E-state index contributed by atoms with van der Waals surface area (Å²) in [6.07, 6.45) is 2.47. The van der Waals surface area contributed by atoms with Gasteiger partial charge in [-0.25, -0.2) is 4.79 Å². The lowest BCUT2D eigenvalue weighted by Gasteiger charge is -2.35. The molecule has 2 aromatic carbocycles. The van der Waals surface area contributed by atoms with E-state index in [9.17, 15) is 14.4 Å². The summed E-state index contributed by atoms with van der Waals surface area (Å²) in [7, 11) is 0. The second-order valence-electron chi connectivity index (χ2n) is 10.7. The van der Waals surface area contributed by atoms with Gasteiger partial charge in [0.2, 0.25) is 5.91 Å². The van der Waals surface area contributed by atoms with Crippen LogP contribution in [0.5, 0.6) is 0 Å². The number of carbonyl (C=O) groups excluding carboxylic acids is 3. The smallest absolute Gasteiger partial charge is 0.408 e. The maximum atomic E-state index is 14.2. The van der Waals surface area contributed by atoms with Gasteiger partial charge in [0.25, 0.3) is 5.91 Å². The van der Waals surface area contributed by atoms with Crippen molar-refractivity contribution in [1.29, 1.82) is 0 Å². The summed E-state index contributed by atoms with van der Waals surface area (Å²) in [6.45, 7) is 9.25. The molecule has 7 nitrogen and oxygen atoms in total. The molecule has 1 aliphatic rings. The van der Waals surface area contributed by atoms with E-state index in [0.717, 1.165) is 12.0 Å². The van der Waals surface area contributed by atoms with Crippen molar-refractivity contribution in [2.24, 2.45) is 5.92 Å². The van der Waals surface area contributed by atoms with Crippen molar-refractivity contribution in [2.75, 3.05) is 17.3 Å². The van der Waals surface area contributed by atoms with E-state index in [1.807, 2.05) is 55.6 Å². The zero-order chi connectivity index (χ0) is 28.0. The number of nitrogens with zero attached hydrogens (tertiary/aromatic N) is 1. The second kappa shape index (κ2) is 12.9. The lowest BCUT2D eigenvalue weighted by Crippen LogP contribution is -2.53. The molecule has 0 saturated heterocycles.